The fourth-order valence-electron chi connectivity index (χ4n) is 6.11. The number of amides is 2. The Morgan fingerprint density at radius 2 is 1.77 bits per heavy atom. The van der Waals surface area contributed by atoms with Crippen LogP contribution in [0.3, 0.4) is 0 Å². The SMILES string of the molecule is COC(CNC(=O)OCC1c2ccccc2-c2ccccc21)C(=O)N1CC2CCCC2(C(=O)O)C1. The highest BCUT2D eigenvalue weighted by atomic mass is 16.5. The van der Waals surface area contributed by atoms with Crippen molar-refractivity contribution in [3.05, 3.63) is 59.7 Å². The van der Waals surface area contributed by atoms with Crippen LogP contribution in [0, 0.1) is 11.3 Å². The van der Waals surface area contributed by atoms with Gasteiger partial charge in [-0.3, -0.25) is 9.59 Å². The molecule has 3 unspecified atom stereocenters. The lowest BCUT2D eigenvalue weighted by atomic mass is 9.81. The number of methoxy groups -OCH3 is 1. The Morgan fingerprint density at radius 1 is 1.11 bits per heavy atom. The minimum Gasteiger partial charge on any atom is -0.481 e. The molecule has 5 rings (SSSR count). The molecule has 0 aromatic heterocycles. The van der Waals surface area contributed by atoms with Crippen molar-refractivity contribution in [2.24, 2.45) is 11.3 Å². The van der Waals surface area contributed by atoms with Gasteiger partial charge in [-0.2, -0.15) is 0 Å². The Balaban J connectivity index is 1.17. The zero-order valence-corrected chi connectivity index (χ0v) is 19.7. The third-order valence-electron chi connectivity index (χ3n) is 7.94. The minimum absolute atomic E-state index is 0.0310. The molecule has 0 bridgehead atoms. The van der Waals surface area contributed by atoms with Crippen LogP contribution in [0.25, 0.3) is 11.1 Å². The molecule has 2 N–H and O–H groups in total. The van der Waals surface area contributed by atoms with E-state index >= 15 is 0 Å². The monoisotopic (exact) mass is 478 g/mol. The second kappa shape index (κ2) is 9.34. The lowest BCUT2D eigenvalue weighted by Gasteiger charge is -2.25. The van der Waals surface area contributed by atoms with Gasteiger partial charge in [-0.15, -0.1) is 0 Å². The summed E-state index contributed by atoms with van der Waals surface area (Å²) in [6.45, 7) is 0.736. The number of nitrogens with zero attached hydrogens (tertiary/aromatic N) is 1. The molecule has 184 valence electrons. The van der Waals surface area contributed by atoms with E-state index in [4.69, 9.17) is 9.47 Å². The number of rotatable bonds is 7. The summed E-state index contributed by atoms with van der Waals surface area (Å²) >= 11 is 0. The number of hydrogen-bond acceptors (Lipinski definition) is 5. The molecule has 3 aliphatic rings. The van der Waals surface area contributed by atoms with Crippen LogP contribution in [0.1, 0.15) is 36.3 Å². The van der Waals surface area contributed by atoms with Crippen LogP contribution in [0.15, 0.2) is 48.5 Å². The molecule has 2 amide bonds. The van der Waals surface area contributed by atoms with E-state index in [-0.39, 0.29) is 37.4 Å². The van der Waals surface area contributed by atoms with Gasteiger partial charge in [0, 0.05) is 26.1 Å². The summed E-state index contributed by atoms with van der Waals surface area (Å²) in [6, 6.07) is 16.2. The Labute approximate surface area is 204 Å². The standard InChI is InChI=1S/C27H30N2O6/c1-34-23(24(30)29-14-17-7-6-12-27(17,16-29)25(31)32)13-28-26(33)35-15-22-20-10-4-2-8-18(20)19-9-3-5-11-21(19)22/h2-5,8-11,17,22-23H,6-7,12-16H2,1H3,(H,28,33)(H,31,32). The summed E-state index contributed by atoms with van der Waals surface area (Å²) in [5.74, 6) is -1.22. The third kappa shape index (κ3) is 4.05. The molecule has 8 nitrogen and oxygen atoms in total. The maximum absolute atomic E-state index is 13.0. The van der Waals surface area contributed by atoms with E-state index in [1.165, 1.54) is 7.11 Å². The van der Waals surface area contributed by atoms with Crippen molar-refractivity contribution in [1.29, 1.82) is 0 Å². The largest absolute Gasteiger partial charge is 0.481 e. The second-order valence-electron chi connectivity index (χ2n) is 9.70. The zero-order valence-electron chi connectivity index (χ0n) is 19.7. The van der Waals surface area contributed by atoms with Gasteiger partial charge in [0.2, 0.25) is 0 Å². The molecule has 35 heavy (non-hydrogen) atoms. The van der Waals surface area contributed by atoms with Crippen molar-refractivity contribution in [1.82, 2.24) is 10.2 Å². The molecule has 1 saturated heterocycles. The van der Waals surface area contributed by atoms with Crippen molar-refractivity contribution >= 4 is 18.0 Å². The summed E-state index contributed by atoms with van der Waals surface area (Å²) in [5.41, 5.74) is 3.69. The van der Waals surface area contributed by atoms with Gasteiger partial charge in [0.25, 0.3) is 5.91 Å². The fourth-order valence-corrected chi connectivity index (χ4v) is 6.11. The lowest BCUT2D eigenvalue weighted by Crippen LogP contribution is -2.46. The average molecular weight is 479 g/mol. The normalized spacial score (nSPS) is 23.3. The maximum atomic E-state index is 13.0. The van der Waals surface area contributed by atoms with Crippen LogP contribution in [0.4, 0.5) is 4.79 Å². The van der Waals surface area contributed by atoms with Crippen LogP contribution >= 0.6 is 0 Å². The molecule has 1 heterocycles. The predicted octanol–water partition coefficient (Wildman–Crippen LogP) is 3.25. The second-order valence-corrected chi connectivity index (χ2v) is 9.70. The van der Waals surface area contributed by atoms with Gasteiger partial charge in [0.05, 0.1) is 12.0 Å². The number of carbonyl (C=O) groups excluding carboxylic acids is 2. The Hall–Kier alpha value is -3.39. The molecule has 1 saturated carbocycles. The van der Waals surface area contributed by atoms with Gasteiger partial charge in [-0.1, -0.05) is 55.0 Å². The number of carboxylic acid groups (broad SMARTS) is 1. The molecule has 2 fully saturated rings. The van der Waals surface area contributed by atoms with Gasteiger partial charge < -0.3 is 24.8 Å². The number of hydrogen-bond donors (Lipinski definition) is 2. The van der Waals surface area contributed by atoms with E-state index in [1.807, 2.05) is 24.3 Å². The number of nitrogens with one attached hydrogen (secondary N) is 1. The molecule has 0 spiro atoms. The van der Waals surface area contributed by atoms with Crippen LogP contribution in [0.2, 0.25) is 0 Å². The number of carboxylic acids is 1. The lowest BCUT2D eigenvalue weighted by molar-refractivity contribution is -0.150. The van der Waals surface area contributed by atoms with Crippen molar-refractivity contribution in [3.63, 3.8) is 0 Å². The molecule has 0 radical (unpaired) electrons. The van der Waals surface area contributed by atoms with Crippen molar-refractivity contribution in [2.45, 2.75) is 31.3 Å². The van der Waals surface area contributed by atoms with E-state index in [1.54, 1.807) is 4.90 Å². The number of alkyl carbamates (subject to hydrolysis) is 1. The van der Waals surface area contributed by atoms with Crippen LogP contribution < -0.4 is 5.32 Å². The summed E-state index contributed by atoms with van der Waals surface area (Å²) in [4.78, 5) is 39.0. The maximum Gasteiger partial charge on any atom is 0.407 e. The number of likely N-dealkylation sites (tertiary alicyclic amines) is 1. The molecular weight excluding hydrogens is 448 g/mol. The molecule has 8 heteroatoms. The Morgan fingerprint density at radius 3 is 2.37 bits per heavy atom. The van der Waals surface area contributed by atoms with Gasteiger partial charge in [-0.05, 0) is 41.0 Å². The van der Waals surface area contributed by atoms with Crippen LogP contribution in [-0.2, 0) is 19.1 Å². The van der Waals surface area contributed by atoms with E-state index in [2.05, 4.69) is 29.6 Å². The number of aliphatic carboxylic acids is 1. The number of benzene rings is 2. The fraction of sp³-hybridized carbons (Fsp3) is 0.444. The minimum atomic E-state index is -0.903. The highest BCUT2D eigenvalue weighted by Crippen LogP contribution is 2.49. The van der Waals surface area contributed by atoms with Crippen molar-refractivity contribution < 1.29 is 29.0 Å². The highest BCUT2D eigenvalue weighted by molar-refractivity contribution is 5.85. The van der Waals surface area contributed by atoms with E-state index in [0.717, 1.165) is 35.1 Å². The third-order valence-corrected chi connectivity index (χ3v) is 7.94. The highest BCUT2D eigenvalue weighted by Gasteiger charge is 2.56. The Bertz CT molecular complexity index is 1100. The summed E-state index contributed by atoms with van der Waals surface area (Å²) in [6.07, 6.45) is 0.746. The topological polar surface area (TPSA) is 105 Å². The summed E-state index contributed by atoms with van der Waals surface area (Å²) in [7, 11) is 1.41. The van der Waals surface area contributed by atoms with E-state index in [9.17, 15) is 19.5 Å². The average Bonchev–Trinajstić information content (AvgIpc) is 3.53. The van der Waals surface area contributed by atoms with Gasteiger partial charge in [0.1, 0.15) is 6.61 Å². The Kier molecular flexibility index (Phi) is 6.23. The zero-order chi connectivity index (χ0) is 24.6. The smallest absolute Gasteiger partial charge is 0.407 e. The van der Waals surface area contributed by atoms with Crippen LogP contribution in [-0.4, -0.2) is 67.4 Å². The van der Waals surface area contributed by atoms with Crippen molar-refractivity contribution in [2.75, 3.05) is 33.4 Å². The summed E-state index contributed by atoms with van der Waals surface area (Å²) < 4.78 is 10.9. The van der Waals surface area contributed by atoms with Crippen LogP contribution in [0.5, 0.6) is 0 Å². The summed E-state index contributed by atoms with van der Waals surface area (Å²) in [5, 5.41) is 12.4. The van der Waals surface area contributed by atoms with Crippen molar-refractivity contribution in [3.8, 4) is 11.1 Å². The predicted molar refractivity (Wildman–Crippen MR) is 128 cm³/mol. The molecule has 2 aromatic carbocycles. The number of ether oxygens (including phenoxy) is 2. The first-order valence-corrected chi connectivity index (χ1v) is 12.1. The first kappa shape index (κ1) is 23.4. The molecule has 2 aromatic rings. The first-order valence-electron chi connectivity index (χ1n) is 12.1. The van der Waals surface area contributed by atoms with E-state index in [0.29, 0.717) is 13.0 Å². The number of fused-ring (bicyclic) bond motifs is 4. The number of carbonyl (C=O) groups is 3. The van der Waals surface area contributed by atoms with Gasteiger partial charge >= 0.3 is 12.1 Å². The molecule has 3 atom stereocenters. The van der Waals surface area contributed by atoms with E-state index < -0.39 is 23.6 Å². The molecule has 2 aliphatic carbocycles. The first-order chi connectivity index (χ1) is 16.9. The van der Waals surface area contributed by atoms with Gasteiger partial charge in [-0.25, -0.2) is 4.79 Å². The molecular formula is C27H30N2O6. The quantitative estimate of drug-likeness (QED) is 0.633. The van der Waals surface area contributed by atoms with Gasteiger partial charge in [0.15, 0.2) is 6.10 Å². The molecule has 1 aliphatic heterocycles.